The fourth-order valence-corrected chi connectivity index (χ4v) is 5.68. The molecule has 8 nitrogen and oxygen atoms in total. The largest absolute Gasteiger partial charge is 0.495 e. The van der Waals surface area contributed by atoms with Gasteiger partial charge < -0.3 is 19.1 Å². The number of amides is 2. The van der Waals surface area contributed by atoms with Gasteiger partial charge in [0.05, 0.1) is 32.8 Å². The van der Waals surface area contributed by atoms with E-state index in [-0.39, 0.29) is 24.3 Å². The van der Waals surface area contributed by atoms with Gasteiger partial charge in [0.1, 0.15) is 21.7 Å². The van der Waals surface area contributed by atoms with E-state index in [1.54, 1.807) is 24.0 Å². The number of thiazole rings is 1. The van der Waals surface area contributed by atoms with Crippen molar-refractivity contribution in [1.82, 2.24) is 4.98 Å². The van der Waals surface area contributed by atoms with Crippen molar-refractivity contribution in [2.75, 3.05) is 43.7 Å². The van der Waals surface area contributed by atoms with Gasteiger partial charge in [-0.15, -0.1) is 0 Å². The Morgan fingerprint density at radius 1 is 1.18 bits per heavy atom. The fraction of sp³-hybridized carbons (Fsp3) is 0.400. The molecule has 2 aromatic carbocycles. The molecule has 5 rings (SSSR count). The Morgan fingerprint density at radius 2 is 1.94 bits per heavy atom. The van der Waals surface area contributed by atoms with Gasteiger partial charge in [-0.1, -0.05) is 29.5 Å². The zero-order chi connectivity index (χ0) is 23.7. The number of nitrogens with zero attached hydrogens (tertiary/aromatic N) is 3. The lowest BCUT2D eigenvalue weighted by molar-refractivity contribution is -0.124. The number of benzene rings is 2. The highest BCUT2D eigenvalue weighted by Gasteiger charge is 2.39. The average molecular weight is 482 g/mol. The number of hydrogen-bond donors (Lipinski definition) is 0. The number of hydrogen-bond acceptors (Lipinski definition) is 7. The number of carbonyl (C=O) groups excluding carboxylic acids is 2. The Kier molecular flexibility index (Phi) is 6.38. The highest BCUT2D eigenvalue weighted by molar-refractivity contribution is 7.22. The number of anilines is 2. The smallest absolute Gasteiger partial charge is 0.234 e. The minimum Gasteiger partial charge on any atom is -0.495 e. The van der Waals surface area contributed by atoms with Crippen LogP contribution in [0.4, 0.5) is 10.8 Å². The van der Waals surface area contributed by atoms with E-state index in [9.17, 15) is 9.59 Å². The Bertz CT molecular complexity index is 1150. The van der Waals surface area contributed by atoms with Crippen LogP contribution in [-0.2, 0) is 14.3 Å². The molecule has 0 N–H and O–H groups in total. The van der Waals surface area contributed by atoms with Crippen molar-refractivity contribution in [1.29, 1.82) is 0 Å². The molecule has 2 unspecified atom stereocenters. The lowest BCUT2D eigenvalue weighted by Crippen LogP contribution is -2.42. The highest BCUT2D eigenvalue weighted by atomic mass is 32.1. The Hall–Kier alpha value is -3.17. The molecule has 1 aromatic heterocycles. The second-order valence-electron chi connectivity index (χ2n) is 8.47. The summed E-state index contributed by atoms with van der Waals surface area (Å²) in [6.45, 7) is 1.44. The second kappa shape index (κ2) is 9.60. The van der Waals surface area contributed by atoms with Gasteiger partial charge in [0.15, 0.2) is 5.13 Å². The summed E-state index contributed by atoms with van der Waals surface area (Å²) >= 11 is 1.39. The number of fused-ring (bicyclic) bond motifs is 1. The summed E-state index contributed by atoms with van der Waals surface area (Å²) in [5, 5.41) is 0.559. The van der Waals surface area contributed by atoms with E-state index in [2.05, 4.69) is 0 Å². The highest BCUT2D eigenvalue weighted by Crippen LogP contribution is 2.41. The number of aromatic nitrogens is 1. The monoisotopic (exact) mass is 481 g/mol. The third kappa shape index (κ3) is 4.21. The van der Waals surface area contributed by atoms with Crippen molar-refractivity contribution < 1.29 is 23.8 Å². The van der Waals surface area contributed by atoms with Crippen LogP contribution in [0, 0.1) is 5.92 Å². The van der Waals surface area contributed by atoms with E-state index in [4.69, 9.17) is 19.2 Å². The van der Waals surface area contributed by atoms with Gasteiger partial charge in [-0.05, 0) is 37.1 Å². The molecule has 2 atom stereocenters. The molecule has 0 radical (unpaired) electrons. The van der Waals surface area contributed by atoms with E-state index >= 15 is 0 Å². The van der Waals surface area contributed by atoms with Crippen LogP contribution >= 0.6 is 11.3 Å². The van der Waals surface area contributed by atoms with Crippen LogP contribution < -0.4 is 19.3 Å². The third-order valence-corrected chi connectivity index (χ3v) is 7.44. The van der Waals surface area contributed by atoms with E-state index in [0.717, 1.165) is 23.2 Å². The quantitative estimate of drug-likeness (QED) is 0.510. The van der Waals surface area contributed by atoms with Crippen LogP contribution in [0.1, 0.15) is 19.3 Å². The number of carbonyl (C=O) groups is 2. The molecule has 34 heavy (non-hydrogen) atoms. The zero-order valence-electron chi connectivity index (χ0n) is 19.2. The summed E-state index contributed by atoms with van der Waals surface area (Å²) in [6.07, 6.45) is 1.98. The van der Waals surface area contributed by atoms with E-state index < -0.39 is 5.92 Å². The molecule has 2 saturated heterocycles. The van der Waals surface area contributed by atoms with Crippen LogP contribution in [0.3, 0.4) is 0 Å². The maximum Gasteiger partial charge on any atom is 0.234 e. The molecular weight excluding hydrogens is 454 g/mol. The minimum absolute atomic E-state index is 0.0470. The van der Waals surface area contributed by atoms with Gasteiger partial charge in [-0.3, -0.25) is 14.5 Å². The van der Waals surface area contributed by atoms with Crippen LogP contribution in [0.5, 0.6) is 11.5 Å². The van der Waals surface area contributed by atoms with Crippen molar-refractivity contribution in [2.45, 2.75) is 25.4 Å². The van der Waals surface area contributed by atoms with Crippen LogP contribution in [-0.4, -0.2) is 56.8 Å². The predicted molar refractivity (Wildman–Crippen MR) is 131 cm³/mol. The lowest BCUT2D eigenvalue weighted by Gasteiger charge is -2.25. The molecule has 2 fully saturated rings. The molecule has 0 aliphatic carbocycles. The molecule has 3 heterocycles. The van der Waals surface area contributed by atoms with E-state index in [0.29, 0.717) is 41.8 Å². The first-order valence-corrected chi connectivity index (χ1v) is 12.2. The summed E-state index contributed by atoms with van der Waals surface area (Å²) in [7, 11) is 3.20. The molecule has 2 amide bonds. The molecule has 0 bridgehead atoms. The summed E-state index contributed by atoms with van der Waals surface area (Å²) in [5.74, 6) is 0.683. The first-order valence-electron chi connectivity index (χ1n) is 11.4. The standard InChI is InChI=1S/C25H27N3O5S/c1-31-19-10-11-20(32-2)23-22(19)26-25(34-23)28(15-18-9-6-12-33-18)24(30)16-13-21(29)27(14-16)17-7-4-3-5-8-17/h3-5,7-8,10-11,16,18H,6,9,12-15H2,1-2H3. The molecule has 2 aliphatic heterocycles. The van der Waals surface area contributed by atoms with Crippen LogP contribution in [0.25, 0.3) is 10.2 Å². The molecule has 3 aromatic rings. The van der Waals surface area contributed by atoms with Crippen molar-refractivity contribution >= 4 is 44.2 Å². The predicted octanol–water partition coefficient (Wildman–Crippen LogP) is 3.88. The van der Waals surface area contributed by atoms with Crippen molar-refractivity contribution in [3.05, 3.63) is 42.5 Å². The molecule has 0 saturated carbocycles. The second-order valence-corrected chi connectivity index (χ2v) is 9.45. The topological polar surface area (TPSA) is 81.2 Å². The molecule has 9 heteroatoms. The summed E-state index contributed by atoms with van der Waals surface area (Å²) in [5.41, 5.74) is 1.46. The number of ether oxygens (including phenoxy) is 3. The fourth-order valence-electron chi connectivity index (χ4n) is 4.59. The lowest BCUT2D eigenvalue weighted by atomic mass is 10.1. The normalized spacial score (nSPS) is 20.2. The van der Waals surface area contributed by atoms with E-state index in [1.807, 2.05) is 42.5 Å². The van der Waals surface area contributed by atoms with Gasteiger partial charge in [0, 0.05) is 25.3 Å². The summed E-state index contributed by atoms with van der Waals surface area (Å²) in [6, 6.07) is 13.1. The molecular formula is C25H27N3O5S. The maximum atomic E-state index is 13.8. The summed E-state index contributed by atoms with van der Waals surface area (Å²) < 4.78 is 17.7. The maximum absolute atomic E-state index is 13.8. The summed E-state index contributed by atoms with van der Waals surface area (Å²) in [4.78, 5) is 34.8. The van der Waals surface area contributed by atoms with Crippen LogP contribution in [0.15, 0.2) is 42.5 Å². The van der Waals surface area contributed by atoms with Crippen molar-refractivity contribution in [2.24, 2.45) is 5.92 Å². The average Bonchev–Trinajstić information content (AvgIpc) is 3.62. The molecule has 2 aliphatic rings. The van der Waals surface area contributed by atoms with Gasteiger partial charge in [0.25, 0.3) is 0 Å². The first-order chi connectivity index (χ1) is 16.6. The van der Waals surface area contributed by atoms with Crippen LogP contribution in [0.2, 0.25) is 0 Å². The Balaban J connectivity index is 1.48. The van der Waals surface area contributed by atoms with E-state index in [1.165, 1.54) is 11.3 Å². The Morgan fingerprint density at radius 3 is 2.65 bits per heavy atom. The minimum atomic E-state index is -0.454. The Labute approximate surface area is 202 Å². The van der Waals surface area contributed by atoms with Gasteiger partial charge in [-0.25, -0.2) is 4.98 Å². The SMILES string of the molecule is COc1ccc(OC)c2sc(N(CC3CCCO3)C(=O)C3CC(=O)N(c4ccccc4)C3)nc12. The van der Waals surface area contributed by atoms with Gasteiger partial charge in [0.2, 0.25) is 11.8 Å². The molecule has 0 spiro atoms. The number of methoxy groups -OCH3 is 2. The van der Waals surface area contributed by atoms with Crippen molar-refractivity contribution in [3.63, 3.8) is 0 Å². The number of para-hydroxylation sites is 1. The number of rotatable bonds is 7. The molecule has 178 valence electrons. The van der Waals surface area contributed by atoms with Gasteiger partial charge >= 0.3 is 0 Å². The third-order valence-electron chi connectivity index (χ3n) is 6.35. The van der Waals surface area contributed by atoms with Gasteiger partial charge in [-0.2, -0.15) is 0 Å². The van der Waals surface area contributed by atoms with Crippen molar-refractivity contribution in [3.8, 4) is 11.5 Å². The first kappa shape index (κ1) is 22.6. The zero-order valence-corrected chi connectivity index (χ0v) is 20.0.